The predicted molar refractivity (Wildman–Crippen MR) is 115 cm³/mol. The Balaban J connectivity index is 1.30. The number of nitrogens with zero attached hydrogens (tertiary/aromatic N) is 3. The summed E-state index contributed by atoms with van der Waals surface area (Å²) in [6.45, 7) is 1.48. The van der Waals surface area contributed by atoms with Crippen LogP contribution in [0.15, 0.2) is 57.9 Å². The Bertz CT molecular complexity index is 1080. The third kappa shape index (κ3) is 5.18. The van der Waals surface area contributed by atoms with Crippen LogP contribution in [-0.4, -0.2) is 35.8 Å². The van der Waals surface area contributed by atoms with Crippen molar-refractivity contribution < 1.29 is 17.5 Å². The lowest BCUT2D eigenvalue weighted by Gasteiger charge is -2.15. The molecule has 0 N–H and O–H groups in total. The number of rotatable bonds is 8. The largest absolute Gasteiger partial charge is 0.486 e. The number of ether oxygens (including phenoxy) is 1. The number of hydrogen-bond donors (Lipinski definition) is 0. The van der Waals surface area contributed by atoms with E-state index in [1.54, 1.807) is 24.3 Å². The molecule has 1 fully saturated rings. The van der Waals surface area contributed by atoms with Gasteiger partial charge in [0, 0.05) is 30.4 Å². The second kappa shape index (κ2) is 9.42. The molecule has 1 aliphatic rings. The molecule has 0 amide bonds. The highest BCUT2D eigenvalue weighted by atomic mass is 32.2. The summed E-state index contributed by atoms with van der Waals surface area (Å²) >= 11 is 2.99. The van der Waals surface area contributed by atoms with Crippen LogP contribution in [0.25, 0.3) is 0 Å². The smallest absolute Gasteiger partial charge is 0.244 e. The van der Waals surface area contributed by atoms with Gasteiger partial charge >= 0.3 is 0 Å². The number of hydrogen-bond acceptors (Lipinski definition) is 7. The fourth-order valence-corrected chi connectivity index (χ4v) is 6.00. The van der Waals surface area contributed by atoms with Crippen molar-refractivity contribution in [3.63, 3.8) is 0 Å². The Hall–Kier alpha value is -2.01. The molecule has 1 saturated heterocycles. The zero-order valence-corrected chi connectivity index (χ0v) is 18.5. The molecule has 30 heavy (non-hydrogen) atoms. The Morgan fingerprint density at radius 2 is 1.90 bits per heavy atom. The standard InChI is InChI=1S/C20H20FN3O3S3/c21-15-3-5-17(6-4-15)27-12-20-23-16(14-29-20)13-28-19-8-7-18(11-22-19)30(25,26)24-9-1-2-10-24/h3-8,11,14H,1-2,9-10,12-13H2. The third-order valence-corrected chi connectivity index (χ3v) is 8.29. The first kappa shape index (κ1) is 21.2. The molecule has 0 aliphatic carbocycles. The summed E-state index contributed by atoms with van der Waals surface area (Å²) in [4.78, 5) is 9.07. The Labute approximate surface area is 183 Å². The molecular weight excluding hydrogens is 445 g/mol. The molecule has 0 unspecified atom stereocenters. The number of thiazole rings is 1. The highest BCUT2D eigenvalue weighted by Crippen LogP contribution is 2.25. The van der Waals surface area contributed by atoms with Crippen LogP contribution in [0.1, 0.15) is 23.5 Å². The molecular formula is C20H20FN3O3S3. The summed E-state index contributed by atoms with van der Waals surface area (Å²) in [5.74, 6) is 0.917. The second-order valence-corrected chi connectivity index (χ2v) is 10.6. The number of benzene rings is 1. The van der Waals surface area contributed by atoms with E-state index in [9.17, 15) is 12.8 Å². The average Bonchev–Trinajstić information content (AvgIpc) is 3.45. The van der Waals surface area contributed by atoms with Crippen molar-refractivity contribution in [1.82, 2.24) is 14.3 Å². The zero-order chi connectivity index (χ0) is 21.0. The van der Waals surface area contributed by atoms with Gasteiger partial charge in [-0.25, -0.2) is 22.8 Å². The van der Waals surface area contributed by atoms with Crippen molar-refractivity contribution in [1.29, 1.82) is 0 Å². The molecule has 158 valence electrons. The van der Waals surface area contributed by atoms with Gasteiger partial charge in [-0.15, -0.1) is 23.1 Å². The SMILES string of the molecule is O=S(=O)(c1ccc(SCc2csc(COc3ccc(F)cc3)n2)nc1)N1CCCC1. The monoisotopic (exact) mass is 465 g/mol. The number of sulfonamides is 1. The first-order valence-corrected chi connectivity index (χ1v) is 12.7. The third-order valence-electron chi connectivity index (χ3n) is 4.56. The minimum Gasteiger partial charge on any atom is -0.486 e. The van der Waals surface area contributed by atoms with Crippen LogP contribution in [0.4, 0.5) is 4.39 Å². The molecule has 0 bridgehead atoms. The van der Waals surface area contributed by atoms with E-state index in [2.05, 4.69) is 9.97 Å². The Morgan fingerprint density at radius 3 is 2.60 bits per heavy atom. The van der Waals surface area contributed by atoms with Crippen molar-refractivity contribution >= 4 is 33.1 Å². The normalized spacial score (nSPS) is 14.8. The van der Waals surface area contributed by atoms with Gasteiger partial charge in [0.1, 0.15) is 28.1 Å². The second-order valence-electron chi connectivity index (χ2n) is 6.71. The maximum absolute atomic E-state index is 12.9. The van der Waals surface area contributed by atoms with Crippen molar-refractivity contribution in [2.24, 2.45) is 0 Å². The lowest BCUT2D eigenvalue weighted by Crippen LogP contribution is -2.27. The first-order valence-electron chi connectivity index (χ1n) is 9.41. The summed E-state index contributed by atoms with van der Waals surface area (Å²) in [5.41, 5.74) is 0.901. The number of aromatic nitrogens is 2. The van der Waals surface area contributed by atoms with E-state index < -0.39 is 10.0 Å². The lowest BCUT2D eigenvalue weighted by molar-refractivity contribution is 0.305. The van der Waals surface area contributed by atoms with E-state index in [0.717, 1.165) is 28.6 Å². The molecule has 3 aromatic rings. The quantitative estimate of drug-likeness (QED) is 0.461. The van der Waals surface area contributed by atoms with Crippen LogP contribution in [0, 0.1) is 5.82 Å². The van der Waals surface area contributed by atoms with Gasteiger partial charge in [0.25, 0.3) is 0 Å². The minimum atomic E-state index is -3.43. The van der Waals surface area contributed by atoms with Crippen molar-refractivity contribution in [3.05, 3.63) is 64.5 Å². The van der Waals surface area contributed by atoms with Crippen LogP contribution in [0.2, 0.25) is 0 Å². The molecule has 4 rings (SSSR count). The summed E-state index contributed by atoms with van der Waals surface area (Å²) in [5, 5.41) is 3.53. The van der Waals surface area contributed by atoms with Gasteiger partial charge < -0.3 is 4.74 Å². The lowest BCUT2D eigenvalue weighted by atomic mass is 10.3. The van der Waals surface area contributed by atoms with E-state index in [4.69, 9.17) is 4.74 Å². The van der Waals surface area contributed by atoms with E-state index in [1.165, 1.54) is 45.7 Å². The van der Waals surface area contributed by atoms with E-state index in [1.807, 2.05) is 5.38 Å². The molecule has 10 heteroatoms. The molecule has 0 radical (unpaired) electrons. The molecule has 1 aromatic carbocycles. The summed E-state index contributed by atoms with van der Waals surface area (Å²) in [7, 11) is -3.43. The molecule has 0 saturated carbocycles. The van der Waals surface area contributed by atoms with Crippen LogP contribution in [0.5, 0.6) is 5.75 Å². The summed E-state index contributed by atoms with van der Waals surface area (Å²) in [6.07, 6.45) is 3.25. The molecule has 2 aromatic heterocycles. The molecule has 0 atom stereocenters. The fourth-order valence-electron chi connectivity index (χ4n) is 2.99. The van der Waals surface area contributed by atoms with Gasteiger partial charge in [-0.2, -0.15) is 4.31 Å². The van der Waals surface area contributed by atoms with Crippen LogP contribution in [0.3, 0.4) is 0 Å². The topological polar surface area (TPSA) is 72.4 Å². The van der Waals surface area contributed by atoms with Gasteiger partial charge in [0.2, 0.25) is 10.0 Å². The highest BCUT2D eigenvalue weighted by molar-refractivity contribution is 7.98. The zero-order valence-electron chi connectivity index (χ0n) is 16.0. The number of halogens is 1. The van der Waals surface area contributed by atoms with Crippen LogP contribution >= 0.6 is 23.1 Å². The Kier molecular flexibility index (Phi) is 6.67. The van der Waals surface area contributed by atoms with Crippen molar-refractivity contribution in [2.45, 2.75) is 35.1 Å². The maximum Gasteiger partial charge on any atom is 0.244 e. The van der Waals surface area contributed by atoms with Gasteiger partial charge in [-0.3, -0.25) is 0 Å². The number of pyridine rings is 1. The van der Waals surface area contributed by atoms with Crippen molar-refractivity contribution in [3.8, 4) is 5.75 Å². The van der Waals surface area contributed by atoms with E-state index in [0.29, 0.717) is 31.2 Å². The van der Waals surface area contributed by atoms with Gasteiger partial charge in [0.05, 0.1) is 10.7 Å². The van der Waals surface area contributed by atoms with Gasteiger partial charge in [0.15, 0.2) is 0 Å². The van der Waals surface area contributed by atoms with Crippen LogP contribution < -0.4 is 4.74 Å². The first-order chi connectivity index (χ1) is 14.5. The molecule has 1 aliphatic heterocycles. The average molecular weight is 466 g/mol. The molecule has 0 spiro atoms. The van der Waals surface area contributed by atoms with Gasteiger partial charge in [-0.05, 0) is 49.2 Å². The molecule has 3 heterocycles. The van der Waals surface area contributed by atoms with E-state index >= 15 is 0 Å². The highest BCUT2D eigenvalue weighted by Gasteiger charge is 2.27. The van der Waals surface area contributed by atoms with Gasteiger partial charge in [-0.1, -0.05) is 0 Å². The van der Waals surface area contributed by atoms with Crippen molar-refractivity contribution in [2.75, 3.05) is 13.1 Å². The number of thioether (sulfide) groups is 1. The van der Waals surface area contributed by atoms with Crippen LogP contribution in [-0.2, 0) is 22.4 Å². The summed E-state index contributed by atoms with van der Waals surface area (Å²) in [6, 6.07) is 9.23. The summed E-state index contributed by atoms with van der Waals surface area (Å²) < 4.78 is 45.1. The Morgan fingerprint density at radius 1 is 1.13 bits per heavy atom. The molecule has 6 nitrogen and oxygen atoms in total. The maximum atomic E-state index is 12.9. The van der Waals surface area contributed by atoms with E-state index in [-0.39, 0.29) is 10.7 Å². The predicted octanol–water partition coefficient (Wildman–Crippen LogP) is 4.33. The minimum absolute atomic E-state index is 0.239. The fraction of sp³-hybridized carbons (Fsp3) is 0.300.